The first-order chi connectivity index (χ1) is 14.8. The molecule has 0 aromatic heterocycles. The van der Waals surface area contributed by atoms with E-state index in [9.17, 15) is 9.59 Å². The van der Waals surface area contributed by atoms with Gasteiger partial charge in [0.25, 0.3) is 0 Å². The Kier molecular flexibility index (Phi) is 8.92. The zero-order chi connectivity index (χ0) is 22.8. The highest BCUT2D eigenvalue weighted by molar-refractivity contribution is 6.32. The summed E-state index contributed by atoms with van der Waals surface area (Å²) in [6.45, 7) is 3.95. The summed E-state index contributed by atoms with van der Waals surface area (Å²) >= 11 is 6.20. The van der Waals surface area contributed by atoms with E-state index in [0.717, 1.165) is 16.8 Å². The molecule has 0 aliphatic rings. The lowest BCUT2D eigenvalue weighted by Gasteiger charge is -2.11. The maximum absolute atomic E-state index is 12.1. The minimum Gasteiger partial charge on any atom is -0.493 e. The van der Waals surface area contributed by atoms with Crippen LogP contribution in [0.4, 0.5) is 5.69 Å². The number of methoxy groups -OCH3 is 1. The summed E-state index contributed by atoms with van der Waals surface area (Å²) in [5.41, 5.74) is 5.79. The molecule has 0 heterocycles. The van der Waals surface area contributed by atoms with E-state index in [0.29, 0.717) is 22.1 Å². The van der Waals surface area contributed by atoms with Gasteiger partial charge in [-0.1, -0.05) is 29.7 Å². The molecule has 2 aromatic rings. The zero-order valence-corrected chi connectivity index (χ0v) is 18.4. The predicted molar refractivity (Wildman–Crippen MR) is 122 cm³/mol. The second-order valence-corrected chi connectivity index (χ2v) is 7.02. The number of benzene rings is 2. The minimum absolute atomic E-state index is 0.00300. The van der Waals surface area contributed by atoms with Crippen LogP contribution in [0, 0.1) is 26.2 Å². The predicted octanol–water partition coefficient (Wildman–Crippen LogP) is 3.85. The lowest BCUT2D eigenvalue weighted by Crippen LogP contribution is -2.21. The molecule has 0 radical (unpaired) electrons. The first-order valence-electron chi connectivity index (χ1n) is 9.47. The molecule has 0 spiro atoms. The van der Waals surface area contributed by atoms with Gasteiger partial charge in [-0.3, -0.25) is 9.59 Å². The maximum atomic E-state index is 12.1. The molecule has 0 aliphatic heterocycles. The van der Waals surface area contributed by atoms with Crippen LogP contribution in [0.15, 0.2) is 35.4 Å². The van der Waals surface area contributed by atoms with Gasteiger partial charge in [0.1, 0.15) is 6.61 Å². The average Bonchev–Trinajstić information content (AvgIpc) is 2.74. The van der Waals surface area contributed by atoms with E-state index in [1.807, 2.05) is 32.0 Å². The van der Waals surface area contributed by atoms with Crippen LogP contribution in [-0.4, -0.2) is 31.7 Å². The van der Waals surface area contributed by atoms with Crippen molar-refractivity contribution in [3.8, 4) is 23.8 Å². The minimum atomic E-state index is -0.389. The van der Waals surface area contributed by atoms with Crippen LogP contribution in [0.1, 0.15) is 29.5 Å². The number of hydrogen-bond donors (Lipinski definition) is 2. The molecule has 0 saturated carbocycles. The summed E-state index contributed by atoms with van der Waals surface area (Å²) in [4.78, 5) is 24.1. The fraction of sp³-hybridized carbons (Fsp3) is 0.261. The van der Waals surface area contributed by atoms with Crippen molar-refractivity contribution in [1.29, 1.82) is 0 Å². The Morgan fingerprint density at radius 3 is 2.68 bits per heavy atom. The summed E-state index contributed by atoms with van der Waals surface area (Å²) in [5, 5.41) is 7.01. The normalized spacial score (nSPS) is 10.4. The molecule has 162 valence electrons. The summed E-state index contributed by atoms with van der Waals surface area (Å²) in [7, 11) is 1.47. The molecule has 0 saturated heterocycles. The highest BCUT2D eigenvalue weighted by Gasteiger charge is 2.12. The van der Waals surface area contributed by atoms with Gasteiger partial charge in [-0.25, -0.2) is 5.43 Å². The van der Waals surface area contributed by atoms with Gasteiger partial charge in [0.05, 0.1) is 18.3 Å². The van der Waals surface area contributed by atoms with Gasteiger partial charge in [0.2, 0.25) is 11.8 Å². The van der Waals surface area contributed by atoms with Gasteiger partial charge in [-0.05, 0) is 48.7 Å². The molecule has 2 rings (SSSR count). The molecule has 0 atom stereocenters. The van der Waals surface area contributed by atoms with E-state index < -0.39 is 0 Å². The SMILES string of the molecule is C#CCOc1c(Cl)cc(C=NNC(=O)CCC(=O)Nc2cccc(C)c2C)cc1OC. The van der Waals surface area contributed by atoms with E-state index in [2.05, 4.69) is 21.8 Å². The first-order valence-corrected chi connectivity index (χ1v) is 9.85. The van der Waals surface area contributed by atoms with Crippen LogP contribution in [0.2, 0.25) is 5.02 Å². The molecule has 0 aliphatic carbocycles. The van der Waals surface area contributed by atoms with E-state index in [4.69, 9.17) is 27.5 Å². The number of nitrogens with zero attached hydrogens (tertiary/aromatic N) is 1. The Morgan fingerprint density at radius 1 is 1.23 bits per heavy atom. The van der Waals surface area contributed by atoms with Gasteiger partial charge >= 0.3 is 0 Å². The fourth-order valence-corrected chi connectivity index (χ4v) is 2.90. The number of rotatable bonds is 9. The summed E-state index contributed by atoms with van der Waals surface area (Å²) in [6.07, 6.45) is 6.64. The van der Waals surface area contributed by atoms with Crippen LogP contribution in [0.5, 0.6) is 11.5 Å². The Labute approximate surface area is 186 Å². The molecule has 8 heteroatoms. The van der Waals surface area contributed by atoms with Crippen LogP contribution < -0.4 is 20.2 Å². The molecule has 0 unspecified atom stereocenters. The third-order valence-corrected chi connectivity index (χ3v) is 4.69. The number of aryl methyl sites for hydroxylation is 1. The standard InChI is InChI=1S/C23H24ClN3O4/c1-5-11-31-23-18(24)12-17(13-20(23)30-4)14-25-27-22(29)10-9-21(28)26-19-8-6-7-15(2)16(19)3/h1,6-8,12-14H,9-11H2,2-4H3,(H,26,28)(H,27,29). The Hall–Kier alpha value is -3.50. The lowest BCUT2D eigenvalue weighted by atomic mass is 10.1. The highest BCUT2D eigenvalue weighted by atomic mass is 35.5. The molecule has 0 bridgehead atoms. The second-order valence-electron chi connectivity index (χ2n) is 6.62. The number of hydrazone groups is 1. The third-order valence-electron chi connectivity index (χ3n) is 4.41. The van der Waals surface area contributed by atoms with Gasteiger partial charge < -0.3 is 14.8 Å². The van der Waals surface area contributed by atoms with Gasteiger partial charge in [0.15, 0.2) is 11.5 Å². The van der Waals surface area contributed by atoms with Crippen molar-refractivity contribution < 1.29 is 19.1 Å². The number of amides is 2. The maximum Gasteiger partial charge on any atom is 0.240 e. The number of carbonyl (C=O) groups is 2. The number of terminal acetylenes is 1. The van der Waals surface area contributed by atoms with E-state index in [1.54, 1.807) is 12.1 Å². The quantitative estimate of drug-likeness (QED) is 0.351. The number of anilines is 1. The van der Waals surface area contributed by atoms with E-state index in [-0.39, 0.29) is 31.3 Å². The van der Waals surface area contributed by atoms with Gasteiger partial charge in [-0.2, -0.15) is 5.10 Å². The first kappa shape index (κ1) is 23.8. The van der Waals surface area contributed by atoms with Crippen molar-refractivity contribution in [2.24, 2.45) is 5.10 Å². The summed E-state index contributed by atoms with van der Waals surface area (Å²) < 4.78 is 10.6. The van der Waals surface area contributed by atoms with Crippen LogP contribution >= 0.6 is 11.6 Å². The molecule has 0 fully saturated rings. The zero-order valence-electron chi connectivity index (χ0n) is 17.6. The van der Waals surface area contributed by atoms with Gasteiger partial charge in [0, 0.05) is 18.5 Å². The third kappa shape index (κ3) is 7.05. The molecule has 2 aromatic carbocycles. The monoisotopic (exact) mass is 441 g/mol. The Morgan fingerprint density at radius 2 is 1.97 bits per heavy atom. The van der Waals surface area contributed by atoms with Crippen molar-refractivity contribution in [3.63, 3.8) is 0 Å². The van der Waals surface area contributed by atoms with Crippen molar-refractivity contribution in [1.82, 2.24) is 5.43 Å². The number of nitrogens with one attached hydrogen (secondary N) is 2. The highest BCUT2D eigenvalue weighted by Crippen LogP contribution is 2.35. The Balaban J connectivity index is 1.88. The molecule has 31 heavy (non-hydrogen) atoms. The topological polar surface area (TPSA) is 89.0 Å². The summed E-state index contributed by atoms with van der Waals surface area (Å²) in [6, 6.07) is 8.91. The second kappa shape index (κ2) is 11.6. The number of carbonyl (C=O) groups excluding carboxylic acids is 2. The average molecular weight is 442 g/mol. The lowest BCUT2D eigenvalue weighted by molar-refractivity contribution is -0.124. The van der Waals surface area contributed by atoms with Crippen LogP contribution in [-0.2, 0) is 9.59 Å². The molecule has 7 nitrogen and oxygen atoms in total. The van der Waals surface area contributed by atoms with Crippen molar-refractivity contribution in [2.75, 3.05) is 19.0 Å². The molecular formula is C23H24ClN3O4. The fourth-order valence-electron chi connectivity index (χ4n) is 2.63. The van der Waals surface area contributed by atoms with Gasteiger partial charge in [-0.15, -0.1) is 6.42 Å². The summed E-state index contributed by atoms with van der Waals surface area (Å²) in [5.74, 6) is 2.44. The molecule has 2 N–H and O–H groups in total. The number of ether oxygens (including phenoxy) is 2. The van der Waals surface area contributed by atoms with E-state index in [1.165, 1.54) is 13.3 Å². The number of halogens is 1. The molecular weight excluding hydrogens is 418 g/mol. The smallest absolute Gasteiger partial charge is 0.240 e. The van der Waals surface area contributed by atoms with Crippen LogP contribution in [0.3, 0.4) is 0 Å². The van der Waals surface area contributed by atoms with Crippen LogP contribution in [0.25, 0.3) is 0 Å². The van der Waals surface area contributed by atoms with Crippen molar-refractivity contribution in [2.45, 2.75) is 26.7 Å². The molecule has 2 amide bonds. The number of hydrogen-bond acceptors (Lipinski definition) is 5. The van der Waals surface area contributed by atoms with Crippen molar-refractivity contribution >= 4 is 35.3 Å². The van der Waals surface area contributed by atoms with E-state index >= 15 is 0 Å². The largest absolute Gasteiger partial charge is 0.493 e. The van der Waals surface area contributed by atoms with Crippen molar-refractivity contribution in [3.05, 3.63) is 52.0 Å². The Bertz CT molecular complexity index is 1030.